The van der Waals surface area contributed by atoms with Gasteiger partial charge < -0.3 is 4.74 Å². The maximum absolute atomic E-state index is 5.78. The molecular formula is C15H20BrNO. The minimum Gasteiger partial charge on any atom is -0.493 e. The van der Waals surface area contributed by atoms with E-state index in [-0.39, 0.29) is 0 Å². The van der Waals surface area contributed by atoms with Gasteiger partial charge in [0.25, 0.3) is 0 Å². The smallest absolute Gasteiger partial charge is 0.122 e. The van der Waals surface area contributed by atoms with Gasteiger partial charge in [-0.15, -0.1) is 0 Å². The minimum absolute atomic E-state index is 0.549. The first-order valence-corrected chi connectivity index (χ1v) is 7.93. The summed E-state index contributed by atoms with van der Waals surface area (Å²) in [6.45, 7) is 5.58. The number of fused-ring (bicyclic) bond motifs is 1. The largest absolute Gasteiger partial charge is 0.493 e. The SMILES string of the molecule is CC1CCN(CC2COc3ccccc32)C1CBr. The molecule has 2 nitrogen and oxygen atoms in total. The highest BCUT2D eigenvalue weighted by Gasteiger charge is 2.34. The number of halogens is 1. The van der Waals surface area contributed by atoms with Crippen LogP contribution in [0.4, 0.5) is 0 Å². The van der Waals surface area contributed by atoms with Gasteiger partial charge >= 0.3 is 0 Å². The quantitative estimate of drug-likeness (QED) is 0.795. The van der Waals surface area contributed by atoms with Crippen molar-refractivity contribution in [1.29, 1.82) is 0 Å². The van der Waals surface area contributed by atoms with Gasteiger partial charge in [-0.1, -0.05) is 41.1 Å². The second-order valence-electron chi connectivity index (χ2n) is 5.53. The molecule has 3 atom stereocenters. The standard InChI is InChI=1S/C15H20BrNO/c1-11-6-7-17(14(11)8-16)9-12-10-18-15-5-3-2-4-13(12)15/h2-5,11-12,14H,6-10H2,1H3. The molecule has 0 saturated carbocycles. The number of benzene rings is 1. The molecule has 0 aromatic heterocycles. The molecule has 3 rings (SSSR count). The van der Waals surface area contributed by atoms with Crippen molar-refractivity contribution in [2.45, 2.75) is 25.3 Å². The summed E-state index contributed by atoms with van der Waals surface area (Å²) in [6.07, 6.45) is 1.32. The van der Waals surface area contributed by atoms with Crippen LogP contribution in [0, 0.1) is 5.92 Å². The first kappa shape index (κ1) is 12.5. The van der Waals surface area contributed by atoms with E-state index in [2.05, 4.69) is 52.0 Å². The molecule has 0 aliphatic carbocycles. The number of para-hydroxylation sites is 1. The zero-order valence-corrected chi connectivity index (χ0v) is 12.4. The van der Waals surface area contributed by atoms with E-state index in [1.807, 2.05) is 0 Å². The van der Waals surface area contributed by atoms with Gasteiger partial charge in [0.05, 0.1) is 6.61 Å². The molecule has 0 N–H and O–H groups in total. The highest BCUT2D eigenvalue weighted by molar-refractivity contribution is 9.09. The summed E-state index contributed by atoms with van der Waals surface area (Å²) in [4.78, 5) is 2.63. The van der Waals surface area contributed by atoms with Crippen LogP contribution in [0.25, 0.3) is 0 Å². The molecule has 2 aliphatic rings. The third-order valence-corrected chi connectivity index (χ3v) is 5.07. The second-order valence-corrected chi connectivity index (χ2v) is 6.18. The lowest BCUT2D eigenvalue weighted by atomic mass is 10.00. The van der Waals surface area contributed by atoms with E-state index < -0.39 is 0 Å². The number of hydrogen-bond donors (Lipinski definition) is 0. The number of alkyl halides is 1. The van der Waals surface area contributed by atoms with Crippen LogP contribution in [-0.2, 0) is 0 Å². The minimum atomic E-state index is 0.549. The van der Waals surface area contributed by atoms with Crippen LogP contribution in [0.15, 0.2) is 24.3 Å². The highest BCUT2D eigenvalue weighted by Crippen LogP contribution is 2.36. The number of hydrogen-bond acceptors (Lipinski definition) is 2. The first-order valence-electron chi connectivity index (χ1n) is 6.81. The zero-order chi connectivity index (χ0) is 12.5. The Hall–Kier alpha value is -0.540. The van der Waals surface area contributed by atoms with E-state index in [9.17, 15) is 0 Å². The van der Waals surface area contributed by atoms with E-state index in [0.717, 1.165) is 30.1 Å². The van der Waals surface area contributed by atoms with Gasteiger partial charge in [0, 0.05) is 29.4 Å². The van der Waals surface area contributed by atoms with E-state index in [1.54, 1.807) is 0 Å². The number of nitrogens with zero attached hydrogens (tertiary/aromatic N) is 1. The van der Waals surface area contributed by atoms with Gasteiger partial charge in [-0.05, 0) is 24.9 Å². The Morgan fingerprint density at radius 3 is 3.06 bits per heavy atom. The third-order valence-electron chi connectivity index (χ3n) is 4.41. The molecule has 1 fully saturated rings. The Bertz CT molecular complexity index is 423. The summed E-state index contributed by atoms with van der Waals surface area (Å²) in [5, 5.41) is 1.09. The Labute approximate surface area is 117 Å². The fourth-order valence-electron chi connectivity index (χ4n) is 3.23. The van der Waals surface area contributed by atoms with Gasteiger partial charge in [0.1, 0.15) is 5.75 Å². The molecule has 2 heterocycles. The van der Waals surface area contributed by atoms with Gasteiger partial charge in [-0.2, -0.15) is 0 Å². The van der Waals surface area contributed by atoms with Crippen LogP contribution in [0.3, 0.4) is 0 Å². The van der Waals surface area contributed by atoms with Crippen LogP contribution in [0.5, 0.6) is 5.75 Å². The van der Waals surface area contributed by atoms with E-state index >= 15 is 0 Å². The van der Waals surface area contributed by atoms with Gasteiger partial charge in [0.2, 0.25) is 0 Å². The molecule has 0 radical (unpaired) electrons. The molecule has 3 heteroatoms. The third kappa shape index (κ3) is 2.19. The van der Waals surface area contributed by atoms with Crippen molar-refractivity contribution < 1.29 is 4.74 Å². The lowest BCUT2D eigenvalue weighted by Crippen LogP contribution is -2.36. The van der Waals surface area contributed by atoms with Crippen LogP contribution in [-0.4, -0.2) is 36.0 Å². The molecule has 18 heavy (non-hydrogen) atoms. The Balaban J connectivity index is 1.71. The van der Waals surface area contributed by atoms with Gasteiger partial charge in [-0.25, -0.2) is 0 Å². The molecule has 98 valence electrons. The fraction of sp³-hybridized carbons (Fsp3) is 0.600. The van der Waals surface area contributed by atoms with Crippen molar-refractivity contribution in [3.05, 3.63) is 29.8 Å². The molecule has 3 unspecified atom stereocenters. The van der Waals surface area contributed by atoms with Crippen molar-refractivity contribution in [3.63, 3.8) is 0 Å². The van der Waals surface area contributed by atoms with E-state index in [4.69, 9.17) is 4.74 Å². The zero-order valence-electron chi connectivity index (χ0n) is 10.8. The molecule has 0 amide bonds. The Kier molecular flexibility index (Phi) is 3.62. The van der Waals surface area contributed by atoms with E-state index in [0.29, 0.717) is 12.0 Å². The molecule has 1 saturated heterocycles. The van der Waals surface area contributed by atoms with Crippen molar-refractivity contribution in [2.75, 3.05) is 25.0 Å². The second kappa shape index (κ2) is 5.22. The number of rotatable bonds is 3. The summed E-state index contributed by atoms with van der Waals surface area (Å²) < 4.78 is 5.78. The predicted molar refractivity (Wildman–Crippen MR) is 77.6 cm³/mol. The van der Waals surface area contributed by atoms with E-state index in [1.165, 1.54) is 18.5 Å². The van der Waals surface area contributed by atoms with Crippen LogP contribution in [0.1, 0.15) is 24.8 Å². The monoisotopic (exact) mass is 309 g/mol. The number of likely N-dealkylation sites (tertiary alicyclic amines) is 1. The lowest BCUT2D eigenvalue weighted by Gasteiger charge is -2.27. The molecule has 2 aliphatic heterocycles. The summed E-state index contributed by atoms with van der Waals surface area (Å²) in [7, 11) is 0. The van der Waals surface area contributed by atoms with Crippen molar-refractivity contribution in [2.24, 2.45) is 5.92 Å². The first-order chi connectivity index (χ1) is 8.79. The number of ether oxygens (including phenoxy) is 1. The maximum atomic E-state index is 5.78. The molecular weight excluding hydrogens is 290 g/mol. The molecule has 0 bridgehead atoms. The van der Waals surface area contributed by atoms with Crippen LogP contribution < -0.4 is 4.74 Å². The summed E-state index contributed by atoms with van der Waals surface area (Å²) in [5.41, 5.74) is 1.39. The van der Waals surface area contributed by atoms with Gasteiger partial charge in [0.15, 0.2) is 0 Å². The summed E-state index contributed by atoms with van der Waals surface area (Å²) >= 11 is 3.67. The predicted octanol–water partition coefficient (Wildman–Crippen LogP) is 3.27. The maximum Gasteiger partial charge on any atom is 0.122 e. The molecule has 1 aromatic rings. The van der Waals surface area contributed by atoms with Crippen molar-refractivity contribution in [3.8, 4) is 5.75 Å². The topological polar surface area (TPSA) is 12.5 Å². The Morgan fingerprint density at radius 2 is 2.22 bits per heavy atom. The molecule has 0 spiro atoms. The van der Waals surface area contributed by atoms with Gasteiger partial charge in [-0.3, -0.25) is 4.90 Å². The average Bonchev–Trinajstić information content (AvgIpc) is 2.95. The normalized spacial score (nSPS) is 31.3. The molecule has 1 aromatic carbocycles. The lowest BCUT2D eigenvalue weighted by molar-refractivity contribution is 0.218. The highest BCUT2D eigenvalue weighted by atomic mass is 79.9. The van der Waals surface area contributed by atoms with Crippen LogP contribution >= 0.6 is 15.9 Å². The Morgan fingerprint density at radius 1 is 1.39 bits per heavy atom. The summed E-state index contributed by atoms with van der Waals surface area (Å²) in [6, 6.07) is 9.17. The van der Waals surface area contributed by atoms with Crippen LogP contribution in [0.2, 0.25) is 0 Å². The van der Waals surface area contributed by atoms with Crippen molar-refractivity contribution >= 4 is 15.9 Å². The average molecular weight is 310 g/mol. The summed E-state index contributed by atoms with van der Waals surface area (Å²) in [5.74, 6) is 2.44. The van der Waals surface area contributed by atoms with Crippen molar-refractivity contribution in [1.82, 2.24) is 4.90 Å². The fourth-order valence-corrected chi connectivity index (χ4v) is 4.28.